The minimum absolute atomic E-state index is 0.111. The zero-order valence-electron chi connectivity index (χ0n) is 24.1. The first-order valence-corrected chi connectivity index (χ1v) is 14.6. The van der Waals surface area contributed by atoms with Gasteiger partial charge in [-0.1, -0.05) is 37.8 Å². The highest BCUT2D eigenvalue weighted by molar-refractivity contribution is 14.1. The second-order valence-electron chi connectivity index (χ2n) is 10.7. The molecule has 0 atom stereocenters. The van der Waals surface area contributed by atoms with Crippen LogP contribution in [0.15, 0.2) is 48.5 Å². The van der Waals surface area contributed by atoms with Crippen molar-refractivity contribution in [3.05, 3.63) is 68.8 Å². The number of hydrogen-bond acceptors (Lipinski definition) is 7. The Balaban J connectivity index is 0.000000302. The quantitative estimate of drug-likeness (QED) is 0.304. The van der Waals surface area contributed by atoms with Crippen molar-refractivity contribution >= 4 is 40.5 Å². The fraction of sp³-hybridized carbons (Fsp3) is 0.452. The monoisotopic (exact) mass is 690 g/mol. The van der Waals surface area contributed by atoms with Crippen LogP contribution in [0.25, 0.3) is 0 Å². The van der Waals surface area contributed by atoms with E-state index >= 15 is 0 Å². The summed E-state index contributed by atoms with van der Waals surface area (Å²) in [5.41, 5.74) is 6.38. The summed E-state index contributed by atoms with van der Waals surface area (Å²) in [6.07, 6.45) is 7.32. The van der Waals surface area contributed by atoms with Gasteiger partial charge >= 0.3 is 17.9 Å². The van der Waals surface area contributed by atoms with Crippen molar-refractivity contribution in [2.45, 2.75) is 63.3 Å². The SMILES string of the molecule is CN(C)CC(=O)O.N#Cc1ccc(CC2(C(=O)O)CCCC2)cc1.N#Cc1ccc(I)cc1.NC1(C(=O)O)CCCC1. The number of halogens is 1. The number of aliphatic carboxylic acids is 3. The van der Waals surface area contributed by atoms with Crippen LogP contribution >= 0.6 is 22.6 Å². The zero-order valence-corrected chi connectivity index (χ0v) is 26.2. The van der Waals surface area contributed by atoms with E-state index in [1.807, 2.05) is 36.4 Å². The second kappa shape index (κ2) is 18.1. The van der Waals surface area contributed by atoms with Crippen LogP contribution in [-0.2, 0) is 20.8 Å². The molecule has 0 bridgehead atoms. The van der Waals surface area contributed by atoms with E-state index in [0.717, 1.165) is 53.2 Å². The average Bonchev–Trinajstić information content (AvgIpc) is 3.61. The maximum atomic E-state index is 11.4. The van der Waals surface area contributed by atoms with Gasteiger partial charge in [0.05, 0.1) is 35.2 Å². The Kier molecular flexibility index (Phi) is 15.7. The Hall–Kier alpha value is -3.52. The lowest BCUT2D eigenvalue weighted by Gasteiger charge is -2.23. The number of nitriles is 2. The Morgan fingerprint density at radius 3 is 1.55 bits per heavy atom. The fourth-order valence-electron chi connectivity index (χ4n) is 4.62. The average molecular weight is 691 g/mol. The van der Waals surface area contributed by atoms with Crippen LogP contribution in [0.2, 0.25) is 0 Å². The molecule has 0 heterocycles. The normalized spacial score (nSPS) is 15.7. The van der Waals surface area contributed by atoms with Crippen molar-refractivity contribution in [3.63, 3.8) is 0 Å². The number of carboxylic acids is 3. The largest absolute Gasteiger partial charge is 0.481 e. The van der Waals surface area contributed by atoms with Gasteiger partial charge in [0.2, 0.25) is 0 Å². The standard InChI is InChI=1S/C14H15NO2.C7H4IN.C6H11NO2.C4H9NO2/c15-10-12-5-3-11(4-6-12)9-14(13(16)17)7-1-2-8-14;8-7-3-1-6(5-9)2-4-7;7-6(5(8)9)3-1-2-4-6;1-5(2)3-4(6)7/h3-6H,1-2,7-9H2,(H,16,17);1-4H;1-4,7H2,(H,8,9);3H2,1-2H3,(H,6,7). The number of benzene rings is 2. The summed E-state index contributed by atoms with van der Waals surface area (Å²) in [6, 6.07) is 18.8. The van der Waals surface area contributed by atoms with Crippen LogP contribution < -0.4 is 5.73 Å². The molecule has 42 heavy (non-hydrogen) atoms. The van der Waals surface area contributed by atoms with E-state index in [9.17, 15) is 19.5 Å². The molecule has 0 saturated heterocycles. The molecule has 2 aromatic carbocycles. The summed E-state index contributed by atoms with van der Waals surface area (Å²) in [5, 5.41) is 43.0. The molecule has 11 heteroatoms. The summed E-state index contributed by atoms with van der Waals surface area (Å²) in [5.74, 6) is -2.32. The lowest BCUT2D eigenvalue weighted by Crippen LogP contribution is -2.44. The minimum Gasteiger partial charge on any atom is -0.481 e. The Morgan fingerprint density at radius 1 is 0.810 bits per heavy atom. The molecule has 2 aliphatic carbocycles. The first-order valence-electron chi connectivity index (χ1n) is 13.5. The second-order valence-corrected chi connectivity index (χ2v) is 11.9. The summed E-state index contributed by atoms with van der Waals surface area (Å²) >= 11 is 2.20. The minimum atomic E-state index is -0.889. The molecule has 0 spiro atoms. The third-order valence-corrected chi connectivity index (χ3v) is 7.71. The molecule has 5 N–H and O–H groups in total. The van der Waals surface area contributed by atoms with Gasteiger partial charge in [-0.2, -0.15) is 10.5 Å². The van der Waals surface area contributed by atoms with Crippen molar-refractivity contribution < 1.29 is 29.7 Å². The van der Waals surface area contributed by atoms with E-state index in [1.54, 1.807) is 31.1 Å². The van der Waals surface area contributed by atoms with E-state index < -0.39 is 28.9 Å². The molecule has 226 valence electrons. The van der Waals surface area contributed by atoms with Crippen LogP contribution in [0.4, 0.5) is 0 Å². The van der Waals surface area contributed by atoms with Crippen LogP contribution in [-0.4, -0.2) is 64.3 Å². The van der Waals surface area contributed by atoms with Gasteiger partial charge in [-0.05, 0) is 111 Å². The van der Waals surface area contributed by atoms with E-state index in [2.05, 4.69) is 34.7 Å². The first-order chi connectivity index (χ1) is 19.8. The molecule has 0 aliphatic heterocycles. The number of carboxylic acid groups (broad SMARTS) is 3. The molecule has 2 fully saturated rings. The Morgan fingerprint density at radius 2 is 1.24 bits per heavy atom. The lowest BCUT2D eigenvalue weighted by molar-refractivity contribution is -0.148. The van der Waals surface area contributed by atoms with Crippen LogP contribution in [0, 0.1) is 31.6 Å². The van der Waals surface area contributed by atoms with Gasteiger partial charge in [-0.25, -0.2) is 0 Å². The van der Waals surface area contributed by atoms with Crippen molar-refractivity contribution in [1.29, 1.82) is 10.5 Å². The van der Waals surface area contributed by atoms with Crippen LogP contribution in [0.5, 0.6) is 0 Å². The van der Waals surface area contributed by atoms with Gasteiger partial charge in [0.1, 0.15) is 5.54 Å². The lowest BCUT2D eigenvalue weighted by atomic mass is 9.80. The molecule has 0 unspecified atom stereocenters. The van der Waals surface area contributed by atoms with Crippen LogP contribution in [0.3, 0.4) is 0 Å². The highest BCUT2D eigenvalue weighted by Crippen LogP contribution is 2.41. The van der Waals surface area contributed by atoms with Gasteiger partial charge in [-0.15, -0.1) is 0 Å². The molecule has 2 aromatic rings. The molecular weight excluding hydrogens is 651 g/mol. The number of hydrogen-bond donors (Lipinski definition) is 4. The van der Waals surface area contributed by atoms with Gasteiger partial charge in [0.15, 0.2) is 0 Å². The maximum Gasteiger partial charge on any atom is 0.323 e. The highest BCUT2D eigenvalue weighted by Gasteiger charge is 2.41. The molecule has 0 aromatic heterocycles. The van der Waals surface area contributed by atoms with Crippen molar-refractivity contribution in [2.75, 3.05) is 20.6 Å². The van der Waals surface area contributed by atoms with Crippen molar-refractivity contribution in [1.82, 2.24) is 4.90 Å². The molecule has 2 aliphatic rings. The first kappa shape index (κ1) is 36.5. The molecule has 2 saturated carbocycles. The smallest absolute Gasteiger partial charge is 0.323 e. The number of rotatable bonds is 6. The van der Waals surface area contributed by atoms with Gasteiger partial charge in [0, 0.05) is 3.57 Å². The topological polar surface area (TPSA) is 189 Å². The summed E-state index contributed by atoms with van der Waals surface area (Å²) in [6.45, 7) is 0.111. The molecule has 4 rings (SSSR count). The Labute approximate surface area is 260 Å². The third kappa shape index (κ3) is 13.0. The predicted octanol–water partition coefficient (Wildman–Crippen LogP) is 4.88. The summed E-state index contributed by atoms with van der Waals surface area (Å²) in [4.78, 5) is 33.2. The van der Waals surface area contributed by atoms with Gasteiger partial charge < -0.3 is 21.1 Å². The molecule has 10 nitrogen and oxygen atoms in total. The van der Waals surface area contributed by atoms with E-state index in [-0.39, 0.29) is 6.54 Å². The fourth-order valence-corrected chi connectivity index (χ4v) is 4.98. The summed E-state index contributed by atoms with van der Waals surface area (Å²) < 4.78 is 1.16. The number of carbonyl (C=O) groups is 3. The number of nitrogens with zero attached hydrogens (tertiary/aromatic N) is 3. The van der Waals surface area contributed by atoms with Crippen molar-refractivity contribution in [3.8, 4) is 12.1 Å². The van der Waals surface area contributed by atoms with Gasteiger partial charge in [-0.3, -0.25) is 19.3 Å². The third-order valence-electron chi connectivity index (χ3n) is 6.99. The molecule has 0 radical (unpaired) electrons. The number of nitrogens with two attached hydrogens (primary N) is 1. The van der Waals surface area contributed by atoms with E-state index in [0.29, 0.717) is 24.8 Å². The van der Waals surface area contributed by atoms with Gasteiger partial charge in [0.25, 0.3) is 0 Å². The molecule has 0 amide bonds. The maximum absolute atomic E-state index is 11.4. The molecular formula is C31H39IN4O6. The van der Waals surface area contributed by atoms with E-state index in [4.69, 9.17) is 26.5 Å². The highest BCUT2D eigenvalue weighted by atomic mass is 127. The Bertz CT molecular complexity index is 1240. The van der Waals surface area contributed by atoms with Crippen molar-refractivity contribution in [2.24, 2.45) is 11.1 Å². The van der Waals surface area contributed by atoms with Crippen LogP contribution in [0.1, 0.15) is 68.1 Å². The van der Waals surface area contributed by atoms with E-state index in [1.165, 1.54) is 0 Å². The predicted molar refractivity (Wildman–Crippen MR) is 166 cm³/mol. The summed E-state index contributed by atoms with van der Waals surface area (Å²) in [7, 11) is 3.43. The zero-order chi connectivity index (χ0) is 31.8. The number of likely N-dealkylation sites (N-methyl/N-ethyl adjacent to an activating group) is 1.